The maximum atomic E-state index is 12.2. The molecule has 0 aromatic carbocycles. The summed E-state index contributed by atoms with van der Waals surface area (Å²) in [7, 11) is -4.15. The van der Waals surface area contributed by atoms with Gasteiger partial charge in [0.15, 0.2) is 5.69 Å². The van der Waals surface area contributed by atoms with Crippen molar-refractivity contribution in [3.8, 4) is 6.07 Å². The second-order valence-corrected chi connectivity index (χ2v) is 5.44. The van der Waals surface area contributed by atoms with Crippen LogP contribution in [0.5, 0.6) is 0 Å². The lowest BCUT2D eigenvalue weighted by molar-refractivity contribution is 0.0698. The monoisotopic (exact) mass is 304 g/mol. The molecule has 106 valence electrons. The minimum Gasteiger partial charge on any atom is -0.478 e. The second-order valence-electron chi connectivity index (χ2n) is 3.79. The molecule has 2 N–H and O–H groups in total. The number of hydrogen-bond donors (Lipinski definition) is 2. The van der Waals surface area contributed by atoms with Crippen molar-refractivity contribution in [2.45, 2.75) is 4.90 Å². The number of nitrogens with zero attached hydrogens (tertiary/aromatic N) is 3. The number of anilines is 1. The fourth-order valence-corrected chi connectivity index (χ4v) is 2.73. The van der Waals surface area contributed by atoms with Gasteiger partial charge in [-0.15, -0.1) is 0 Å². The van der Waals surface area contributed by atoms with Gasteiger partial charge in [0.2, 0.25) is 0 Å². The Morgan fingerprint density at radius 3 is 2.76 bits per heavy atom. The highest BCUT2D eigenvalue weighted by Gasteiger charge is 2.22. The Hall–Kier alpha value is -2.99. The van der Waals surface area contributed by atoms with Gasteiger partial charge in [-0.25, -0.2) is 18.2 Å². The molecule has 0 saturated carbocycles. The molecular weight excluding hydrogens is 296 g/mol. The maximum absolute atomic E-state index is 12.2. The molecule has 0 fully saturated rings. The predicted octanol–water partition coefficient (Wildman–Crippen LogP) is 0.847. The van der Waals surface area contributed by atoms with Crippen LogP contribution in [0.3, 0.4) is 0 Å². The summed E-state index contributed by atoms with van der Waals surface area (Å²) in [4.78, 5) is 18.0. The molecule has 8 nitrogen and oxygen atoms in total. The van der Waals surface area contributed by atoms with Gasteiger partial charge >= 0.3 is 5.97 Å². The molecule has 0 spiro atoms. The van der Waals surface area contributed by atoms with Crippen molar-refractivity contribution in [1.82, 2.24) is 9.97 Å². The number of nitriles is 1. The average molecular weight is 304 g/mol. The minimum absolute atomic E-state index is 0.197. The van der Waals surface area contributed by atoms with Gasteiger partial charge in [-0.2, -0.15) is 5.26 Å². The van der Waals surface area contributed by atoms with Crippen molar-refractivity contribution in [3.63, 3.8) is 0 Å². The fourth-order valence-electron chi connectivity index (χ4n) is 1.55. The van der Waals surface area contributed by atoms with Crippen molar-refractivity contribution < 1.29 is 18.3 Å². The van der Waals surface area contributed by atoms with Crippen LogP contribution in [0.25, 0.3) is 0 Å². The molecule has 2 aromatic rings. The molecule has 2 aromatic heterocycles. The number of pyridine rings is 2. The number of aromatic carboxylic acids is 1. The number of hydrogen-bond acceptors (Lipinski definition) is 6. The van der Waals surface area contributed by atoms with Crippen LogP contribution in [0.2, 0.25) is 0 Å². The SMILES string of the molecule is N#Cc1ncccc1S(=O)(=O)Nc1cnccc1C(=O)O. The third kappa shape index (κ3) is 2.96. The molecule has 0 radical (unpaired) electrons. The molecule has 0 unspecified atom stereocenters. The zero-order chi connectivity index (χ0) is 15.5. The average Bonchev–Trinajstić information content (AvgIpc) is 2.47. The van der Waals surface area contributed by atoms with E-state index < -0.39 is 16.0 Å². The highest BCUT2D eigenvalue weighted by molar-refractivity contribution is 7.92. The number of rotatable bonds is 4. The first kappa shape index (κ1) is 14.4. The Bertz CT molecular complexity index is 842. The number of carbonyl (C=O) groups is 1. The van der Waals surface area contributed by atoms with Gasteiger partial charge in [0.1, 0.15) is 11.0 Å². The van der Waals surface area contributed by atoms with Gasteiger partial charge in [0.25, 0.3) is 10.0 Å². The Morgan fingerprint density at radius 1 is 1.33 bits per heavy atom. The van der Waals surface area contributed by atoms with E-state index in [1.165, 1.54) is 24.5 Å². The number of carboxylic acid groups (broad SMARTS) is 1. The summed E-state index contributed by atoms with van der Waals surface area (Å²) < 4.78 is 26.6. The fraction of sp³-hybridized carbons (Fsp3) is 0. The molecule has 2 rings (SSSR count). The molecule has 2 heterocycles. The molecule has 0 aliphatic rings. The first-order chi connectivity index (χ1) is 9.95. The van der Waals surface area contributed by atoms with Gasteiger partial charge in [0.05, 0.1) is 17.4 Å². The van der Waals surface area contributed by atoms with E-state index in [2.05, 4.69) is 14.7 Å². The van der Waals surface area contributed by atoms with Crippen molar-refractivity contribution in [3.05, 3.63) is 48.0 Å². The summed E-state index contributed by atoms with van der Waals surface area (Å²) in [5.41, 5.74) is -0.737. The lowest BCUT2D eigenvalue weighted by atomic mass is 10.2. The highest BCUT2D eigenvalue weighted by atomic mass is 32.2. The Balaban J connectivity index is 2.49. The summed E-state index contributed by atoms with van der Waals surface area (Å²) in [5.74, 6) is -1.30. The molecule has 0 aliphatic carbocycles. The number of sulfonamides is 1. The summed E-state index contributed by atoms with van der Waals surface area (Å²) in [6, 6.07) is 5.38. The van der Waals surface area contributed by atoms with Crippen LogP contribution in [0, 0.1) is 11.3 Å². The van der Waals surface area contributed by atoms with Crippen molar-refractivity contribution in [1.29, 1.82) is 5.26 Å². The van der Waals surface area contributed by atoms with Crippen LogP contribution < -0.4 is 4.72 Å². The van der Waals surface area contributed by atoms with E-state index >= 15 is 0 Å². The predicted molar refractivity (Wildman–Crippen MR) is 71.0 cm³/mol. The lowest BCUT2D eigenvalue weighted by Crippen LogP contribution is -2.17. The second kappa shape index (κ2) is 5.56. The van der Waals surface area contributed by atoms with E-state index in [0.29, 0.717) is 0 Å². The normalized spacial score (nSPS) is 10.6. The van der Waals surface area contributed by atoms with Crippen molar-refractivity contribution in [2.75, 3.05) is 4.72 Å². The third-order valence-corrected chi connectivity index (χ3v) is 3.86. The van der Waals surface area contributed by atoms with Gasteiger partial charge in [-0.3, -0.25) is 9.71 Å². The first-order valence-corrected chi connectivity index (χ1v) is 6.99. The van der Waals surface area contributed by atoms with Crippen LogP contribution in [-0.4, -0.2) is 29.5 Å². The van der Waals surface area contributed by atoms with E-state index in [4.69, 9.17) is 10.4 Å². The van der Waals surface area contributed by atoms with Gasteiger partial charge in [-0.1, -0.05) is 0 Å². The van der Waals surface area contributed by atoms with Crippen LogP contribution in [0.4, 0.5) is 5.69 Å². The van der Waals surface area contributed by atoms with E-state index in [1.807, 2.05) is 0 Å². The third-order valence-electron chi connectivity index (χ3n) is 2.46. The van der Waals surface area contributed by atoms with Crippen LogP contribution in [0.1, 0.15) is 16.1 Å². The zero-order valence-corrected chi connectivity index (χ0v) is 11.2. The van der Waals surface area contributed by atoms with E-state index in [-0.39, 0.29) is 21.8 Å². The Morgan fingerprint density at radius 2 is 2.10 bits per heavy atom. The standard InChI is InChI=1S/C12H8N4O4S/c13-6-9-11(2-1-4-15-9)21(19,20)16-10-7-14-5-3-8(10)12(17)18/h1-5,7,16H,(H,17,18). The smallest absolute Gasteiger partial charge is 0.337 e. The van der Waals surface area contributed by atoms with Crippen molar-refractivity contribution in [2.24, 2.45) is 0 Å². The molecule has 21 heavy (non-hydrogen) atoms. The topological polar surface area (TPSA) is 133 Å². The first-order valence-electron chi connectivity index (χ1n) is 5.51. The molecule has 0 amide bonds. The van der Waals surface area contributed by atoms with Crippen molar-refractivity contribution >= 4 is 21.7 Å². The van der Waals surface area contributed by atoms with Gasteiger partial charge in [-0.05, 0) is 18.2 Å². The molecular formula is C12H8N4O4S. The summed E-state index contributed by atoms with van der Waals surface area (Å²) in [6.45, 7) is 0. The lowest BCUT2D eigenvalue weighted by Gasteiger charge is -2.10. The summed E-state index contributed by atoms with van der Waals surface area (Å²) in [5, 5.41) is 17.9. The highest BCUT2D eigenvalue weighted by Crippen LogP contribution is 2.20. The molecule has 0 saturated heterocycles. The number of nitrogens with one attached hydrogen (secondary N) is 1. The van der Waals surface area contributed by atoms with Crippen LogP contribution >= 0.6 is 0 Å². The number of aromatic nitrogens is 2. The molecule has 0 aliphatic heterocycles. The Kier molecular flexibility index (Phi) is 3.82. The van der Waals surface area contributed by atoms with Crippen LogP contribution in [0.15, 0.2) is 41.7 Å². The van der Waals surface area contributed by atoms with Gasteiger partial charge < -0.3 is 5.11 Å². The van der Waals surface area contributed by atoms with E-state index in [1.54, 1.807) is 6.07 Å². The molecule has 0 atom stereocenters. The number of carboxylic acids is 1. The molecule has 9 heteroatoms. The largest absolute Gasteiger partial charge is 0.478 e. The molecule has 0 bridgehead atoms. The quantitative estimate of drug-likeness (QED) is 0.855. The maximum Gasteiger partial charge on any atom is 0.337 e. The summed E-state index contributed by atoms with van der Waals surface area (Å²) >= 11 is 0. The zero-order valence-electron chi connectivity index (χ0n) is 10.4. The van der Waals surface area contributed by atoms with Gasteiger partial charge in [0, 0.05) is 12.4 Å². The minimum atomic E-state index is -4.15. The Labute approximate surface area is 119 Å². The van der Waals surface area contributed by atoms with Crippen LogP contribution in [-0.2, 0) is 10.0 Å². The van der Waals surface area contributed by atoms with E-state index in [0.717, 1.165) is 12.3 Å². The van der Waals surface area contributed by atoms with E-state index in [9.17, 15) is 13.2 Å². The summed E-state index contributed by atoms with van der Waals surface area (Å²) in [6.07, 6.45) is 3.58.